The lowest BCUT2D eigenvalue weighted by atomic mass is 10.1. The van der Waals surface area contributed by atoms with Gasteiger partial charge in [0.05, 0.1) is 16.0 Å². The van der Waals surface area contributed by atoms with Gasteiger partial charge in [0.1, 0.15) is 5.82 Å². The van der Waals surface area contributed by atoms with Crippen molar-refractivity contribution in [3.63, 3.8) is 0 Å². The summed E-state index contributed by atoms with van der Waals surface area (Å²) < 4.78 is 52.0. The fourth-order valence-electron chi connectivity index (χ4n) is 2.71. The molecule has 2 aromatic rings. The number of nitrogens with one attached hydrogen (secondary N) is 1. The topological polar surface area (TPSA) is 66.5 Å². The van der Waals surface area contributed by atoms with Crippen LogP contribution < -0.4 is 5.32 Å². The number of carbonyl (C=O) groups is 3. The summed E-state index contributed by atoms with van der Waals surface area (Å²) in [7, 11) is 0. The minimum Gasteiger partial charge on any atom is -0.350 e. The summed E-state index contributed by atoms with van der Waals surface area (Å²) >= 11 is 0.685. The smallest absolute Gasteiger partial charge is 0.350 e. The summed E-state index contributed by atoms with van der Waals surface area (Å²) in [5.41, 5.74) is -1.09. The molecule has 3 rings (SSSR count). The van der Waals surface area contributed by atoms with Crippen LogP contribution in [0, 0.1) is 5.82 Å². The van der Waals surface area contributed by atoms with E-state index in [1.165, 1.54) is 42.5 Å². The Morgan fingerprint density at radius 2 is 1.73 bits per heavy atom. The zero-order valence-electron chi connectivity index (χ0n) is 15.2. The summed E-state index contributed by atoms with van der Waals surface area (Å²) in [6.45, 7) is -0.418. The Bertz CT molecular complexity index is 1020. The second-order valence-electron chi connectivity index (χ2n) is 6.18. The van der Waals surface area contributed by atoms with Gasteiger partial charge in [0, 0.05) is 13.1 Å². The molecule has 0 aliphatic carbocycles. The van der Waals surface area contributed by atoms with Gasteiger partial charge < -0.3 is 5.32 Å². The van der Waals surface area contributed by atoms with Gasteiger partial charge in [0.25, 0.3) is 17.1 Å². The first-order chi connectivity index (χ1) is 14.2. The summed E-state index contributed by atoms with van der Waals surface area (Å²) in [6, 6.07) is 9.64. The highest BCUT2D eigenvalue weighted by Crippen LogP contribution is 2.33. The quantitative estimate of drug-likeness (QED) is 0.558. The van der Waals surface area contributed by atoms with Crippen LogP contribution in [0.15, 0.2) is 53.4 Å². The second-order valence-corrected chi connectivity index (χ2v) is 7.18. The number of benzene rings is 2. The van der Waals surface area contributed by atoms with Crippen molar-refractivity contribution in [2.45, 2.75) is 6.18 Å². The van der Waals surface area contributed by atoms with Crippen LogP contribution in [0.5, 0.6) is 0 Å². The van der Waals surface area contributed by atoms with E-state index in [1.807, 2.05) is 0 Å². The molecule has 0 aromatic heterocycles. The molecule has 1 aliphatic rings. The van der Waals surface area contributed by atoms with E-state index in [0.717, 1.165) is 17.0 Å². The van der Waals surface area contributed by atoms with Crippen LogP contribution in [0.1, 0.15) is 21.5 Å². The highest BCUT2D eigenvalue weighted by Gasteiger charge is 2.36. The molecule has 1 fully saturated rings. The minimum atomic E-state index is -4.69. The molecule has 0 atom stereocenters. The molecule has 0 radical (unpaired) electrons. The lowest BCUT2D eigenvalue weighted by Crippen LogP contribution is -2.37. The first kappa shape index (κ1) is 21.6. The Labute approximate surface area is 172 Å². The molecule has 1 heterocycles. The molecule has 156 valence electrons. The van der Waals surface area contributed by atoms with Crippen LogP contribution in [0.25, 0.3) is 6.08 Å². The van der Waals surface area contributed by atoms with Gasteiger partial charge in [-0.15, -0.1) is 0 Å². The minimum absolute atomic E-state index is 0.125. The van der Waals surface area contributed by atoms with E-state index in [-0.39, 0.29) is 18.0 Å². The molecule has 3 amide bonds. The molecule has 0 saturated carbocycles. The number of carbonyl (C=O) groups excluding carboxylic acids is 3. The van der Waals surface area contributed by atoms with Crippen molar-refractivity contribution in [2.75, 3.05) is 13.1 Å². The molecular weight excluding hydrogens is 424 g/mol. The van der Waals surface area contributed by atoms with E-state index in [1.54, 1.807) is 0 Å². The van der Waals surface area contributed by atoms with Crippen molar-refractivity contribution in [1.29, 1.82) is 0 Å². The van der Waals surface area contributed by atoms with Crippen LogP contribution >= 0.6 is 11.8 Å². The van der Waals surface area contributed by atoms with Gasteiger partial charge in [-0.25, -0.2) is 4.39 Å². The first-order valence-corrected chi connectivity index (χ1v) is 9.44. The van der Waals surface area contributed by atoms with Crippen LogP contribution in [0.4, 0.5) is 22.4 Å². The molecule has 30 heavy (non-hydrogen) atoms. The third-order valence-corrected chi connectivity index (χ3v) is 5.05. The Morgan fingerprint density at radius 3 is 2.40 bits per heavy atom. The SMILES string of the molecule is O=C(NCCN1C(=O)SC(=Cc2ccc(F)cc2)C1=O)c1ccccc1C(F)(F)F. The van der Waals surface area contributed by atoms with Gasteiger partial charge in [-0.05, 0) is 47.7 Å². The Morgan fingerprint density at radius 1 is 1.07 bits per heavy atom. The van der Waals surface area contributed by atoms with Gasteiger partial charge >= 0.3 is 6.18 Å². The molecule has 0 spiro atoms. The highest BCUT2D eigenvalue weighted by molar-refractivity contribution is 8.18. The van der Waals surface area contributed by atoms with Crippen molar-refractivity contribution in [3.8, 4) is 0 Å². The maximum absolute atomic E-state index is 13.0. The maximum atomic E-state index is 13.0. The number of hydrogen-bond acceptors (Lipinski definition) is 4. The lowest BCUT2D eigenvalue weighted by molar-refractivity contribution is -0.138. The molecule has 1 N–H and O–H groups in total. The monoisotopic (exact) mass is 438 g/mol. The van der Waals surface area contributed by atoms with Gasteiger partial charge in [-0.3, -0.25) is 19.3 Å². The third-order valence-electron chi connectivity index (χ3n) is 4.14. The number of rotatable bonds is 5. The number of nitrogens with zero attached hydrogens (tertiary/aromatic N) is 1. The van der Waals surface area contributed by atoms with E-state index in [9.17, 15) is 31.9 Å². The van der Waals surface area contributed by atoms with Crippen LogP contribution in [-0.2, 0) is 11.0 Å². The summed E-state index contributed by atoms with van der Waals surface area (Å²) in [5, 5.41) is 1.72. The Balaban J connectivity index is 1.63. The van der Waals surface area contributed by atoms with Gasteiger partial charge in [-0.2, -0.15) is 13.2 Å². The van der Waals surface area contributed by atoms with Crippen molar-refractivity contribution in [3.05, 3.63) is 75.9 Å². The van der Waals surface area contributed by atoms with Crippen molar-refractivity contribution in [1.82, 2.24) is 10.2 Å². The van der Waals surface area contributed by atoms with Crippen molar-refractivity contribution >= 4 is 34.9 Å². The van der Waals surface area contributed by atoms with E-state index < -0.39 is 40.2 Å². The fraction of sp³-hybridized carbons (Fsp3) is 0.150. The van der Waals surface area contributed by atoms with E-state index in [4.69, 9.17) is 0 Å². The van der Waals surface area contributed by atoms with E-state index in [2.05, 4.69) is 5.32 Å². The van der Waals surface area contributed by atoms with E-state index >= 15 is 0 Å². The number of thioether (sulfide) groups is 1. The first-order valence-electron chi connectivity index (χ1n) is 8.62. The molecule has 0 unspecified atom stereocenters. The zero-order valence-corrected chi connectivity index (χ0v) is 16.0. The molecule has 5 nitrogen and oxygen atoms in total. The second kappa shape index (κ2) is 8.70. The Hall–Kier alpha value is -3.14. The summed E-state index contributed by atoms with van der Waals surface area (Å²) in [4.78, 5) is 37.6. The number of alkyl halides is 3. The fourth-order valence-corrected chi connectivity index (χ4v) is 3.57. The summed E-state index contributed by atoms with van der Waals surface area (Å²) in [5.74, 6) is -2.00. The maximum Gasteiger partial charge on any atom is 0.417 e. The average Bonchev–Trinajstić information content (AvgIpc) is 2.96. The van der Waals surface area contributed by atoms with Crippen LogP contribution in [-0.4, -0.2) is 35.0 Å². The van der Waals surface area contributed by atoms with Crippen molar-refractivity contribution < 1.29 is 31.9 Å². The normalized spacial score (nSPS) is 15.7. The summed E-state index contributed by atoms with van der Waals surface area (Å²) in [6.07, 6.45) is -3.26. The third kappa shape index (κ3) is 4.88. The average molecular weight is 438 g/mol. The molecule has 1 aliphatic heterocycles. The predicted molar refractivity (Wildman–Crippen MR) is 103 cm³/mol. The molecular formula is C20H14F4N2O3S. The predicted octanol–water partition coefficient (Wildman–Crippen LogP) is 4.31. The molecule has 2 aromatic carbocycles. The largest absolute Gasteiger partial charge is 0.417 e. The zero-order chi connectivity index (χ0) is 21.9. The number of hydrogen-bond donors (Lipinski definition) is 1. The van der Waals surface area contributed by atoms with Crippen LogP contribution in [0.3, 0.4) is 0 Å². The van der Waals surface area contributed by atoms with Crippen LogP contribution in [0.2, 0.25) is 0 Å². The highest BCUT2D eigenvalue weighted by atomic mass is 32.2. The standard InChI is InChI=1S/C20H14F4N2O3S/c21-13-7-5-12(6-8-13)11-16-18(28)26(19(29)30-16)10-9-25-17(27)14-3-1-2-4-15(14)20(22,23)24/h1-8,11H,9-10H2,(H,25,27). The molecule has 0 bridgehead atoms. The van der Waals surface area contributed by atoms with E-state index in [0.29, 0.717) is 17.3 Å². The van der Waals surface area contributed by atoms with Crippen molar-refractivity contribution in [2.24, 2.45) is 0 Å². The number of halogens is 4. The van der Waals surface area contributed by atoms with Gasteiger partial charge in [-0.1, -0.05) is 24.3 Å². The number of imide groups is 1. The number of amides is 3. The molecule has 10 heteroatoms. The van der Waals surface area contributed by atoms with Gasteiger partial charge in [0.2, 0.25) is 0 Å². The molecule has 1 saturated heterocycles. The Kier molecular flexibility index (Phi) is 6.25. The van der Waals surface area contributed by atoms with Gasteiger partial charge in [0.15, 0.2) is 0 Å². The lowest BCUT2D eigenvalue weighted by Gasteiger charge is -2.15.